The second kappa shape index (κ2) is 7.20. The minimum atomic E-state index is -0.638. The fourth-order valence-electron chi connectivity index (χ4n) is 2.34. The van der Waals surface area contributed by atoms with Gasteiger partial charge >= 0.3 is 0 Å². The van der Waals surface area contributed by atoms with Crippen molar-refractivity contribution in [2.24, 2.45) is 0 Å². The molecule has 0 aromatic heterocycles. The maximum atomic E-state index is 12.9. The normalized spacial score (nSPS) is 11.8. The number of benzene rings is 2. The first kappa shape index (κ1) is 16.9. The van der Waals surface area contributed by atoms with Crippen molar-refractivity contribution < 1.29 is 14.7 Å². The zero-order valence-corrected chi connectivity index (χ0v) is 13.6. The van der Waals surface area contributed by atoms with Gasteiger partial charge in [-0.1, -0.05) is 35.9 Å². The standard InChI is InChI=1S/C19H21NO3/c1-12-8-9-13(2)17(10-12)18(22)15-6-4-5-7-16(15)19(23)20-11-14(3)21/h4-10,14,21H,11H2,1-3H3,(H,20,23). The Morgan fingerprint density at radius 3 is 2.35 bits per heavy atom. The molecule has 2 aromatic rings. The van der Waals surface area contributed by atoms with Crippen molar-refractivity contribution in [3.63, 3.8) is 0 Å². The van der Waals surface area contributed by atoms with Crippen LogP contribution in [-0.4, -0.2) is 29.4 Å². The number of hydrogen-bond acceptors (Lipinski definition) is 3. The lowest BCUT2D eigenvalue weighted by Gasteiger charge is -2.12. The smallest absolute Gasteiger partial charge is 0.252 e. The monoisotopic (exact) mass is 311 g/mol. The lowest BCUT2D eigenvalue weighted by Crippen LogP contribution is -2.31. The predicted octanol–water partition coefficient (Wildman–Crippen LogP) is 2.65. The Kier molecular flexibility index (Phi) is 5.29. The Bertz CT molecular complexity index is 735. The van der Waals surface area contributed by atoms with Gasteiger partial charge in [-0.15, -0.1) is 0 Å². The second-order valence-corrected chi connectivity index (χ2v) is 5.75. The Labute approximate surface area is 136 Å². The van der Waals surface area contributed by atoms with Crippen molar-refractivity contribution in [2.45, 2.75) is 26.9 Å². The largest absolute Gasteiger partial charge is 0.392 e. The van der Waals surface area contributed by atoms with Crippen molar-refractivity contribution in [2.75, 3.05) is 6.54 Å². The molecule has 0 bridgehead atoms. The van der Waals surface area contributed by atoms with E-state index in [1.165, 1.54) is 0 Å². The van der Waals surface area contributed by atoms with Crippen LogP contribution in [-0.2, 0) is 0 Å². The van der Waals surface area contributed by atoms with Crippen LogP contribution in [0.25, 0.3) is 0 Å². The molecule has 0 heterocycles. The van der Waals surface area contributed by atoms with Gasteiger partial charge in [-0.3, -0.25) is 9.59 Å². The van der Waals surface area contributed by atoms with E-state index in [9.17, 15) is 14.7 Å². The number of aliphatic hydroxyl groups is 1. The van der Waals surface area contributed by atoms with Crippen LogP contribution in [0.4, 0.5) is 0 Å². The van der Waals surface area contributed by atoms with Crippen LogP contribution in [0.1, 0.15) is 44.3 Å². The lowest BCUT2D eigenvalue weighted by molar-refractivity contribution is 0.0915. The molecule has 2 aromatic carbocycles. The summed E-state index contributed by atoms with van der Waals surface area (Å²) in [6, 6.07) is 12.4. The highest BCUT2D eigenvalue weighted by Crippen LogP contribution is 2.19. The third kappa shape index (κ3) is 4.05. The van der Waals surface area contributed by atoms with Gasteiger partial charge in [0.05, 0.1) is 11.7 Å². The van der Waals surface area contributed by atoms with Gasteiger partial charge in [0.1, 0.15) is 0 Å². The number of amides is 1. The first-order valence-corrected chi connectivity index (χ1v) is 7.57. The molecular formula is C19H21NO3. The summed E-state index contributed by atoms with van der Waals surface area (Å²) < 4.78 is 0. The van der Waals surface area contributed by atoms with Gasteiger partial charge in [0.25, 0.3) is 5.91 Å². The summed E-state index contributed by atoms with van der Waals surface area (Å²) >= 11 is 0. The molecule has 0 saturated carbocycles. The average Bonchev–Trinajstić information content (AvgIpc) is 2.54. The molecule has 4 heteroatoms. The van der Waals surface area contributed by atoms with Gasteiger partial charge in [-0.05, 0) is 38.5 Å². The van der Waals surface area contributed by atoms with E-state index in [1.54, 1.807) is 31.2 Å². The Balaban J connectivity index is 2.38. The van der Waals surface area contributed by atoms with E-state index in [4.69, 9.17) is 0 Å². The fraction of sp³-hybridized carbons (Fsp3) is 0.263. The van der Waals surface area contributed by atoms with E-state index < -0.39 is 6.10 Å². The molecule has 2 N–H and O–H groups in total. The van der Waals surface area contributed by atoms with Gasteiger partial charge in [-0.25, -0.2) is 0 Å². The molecule has 1 unspecified atom stereocenters. The molecule has 0 aliphatic heterocycles. The summed E-state index contributed by atoms with van der Waals surface area (Å²) in [6.45, 7) is 5.54. The third-order valence-corrected chi connectivity index (χ3v) is 3.61. The third-order valence-electron chi connectivity index (χ3n) is 3.61. The number of hydrogen-bond donors (Lipinski definition) is 2. The number of carbonyl (C=O) groups is 2. The van der Waals surface area contributed by atoms with Crippen LogP contribution in [0.3, 0.4) is 0 Å². The summed E-state index contributed by atoms with van der Waals surface area (Å²) in [5.74, 6) is -0.533. The Morgan fingerprint density at radius 2 is 1.70 bits per heavy atom. The van der Waals surface area contributed by atoms with Crippen LogP contribution in [0.2, 0.25) is 0 Å². The Hall–Kier alpha value is -2.46. The highest BCUT2D eigenvalue weighted by atomic mass is 16.3. The minimum absolute atomic E-state index is 0.144. The summed E-state index contributed by atoms with van der Waals surface area (Å²) in [6.07, 6.45) is -0.638. The van der Waals surface area contributed by atoms with Crippen LogP contribution in [0.15, 0.2) is 42.5 Å². The van der Waals surface area contributed by atoms with Crippen LogP contribution < -0.4 is 5.32 Å². The molecule has 23 heavy (non-hydrogen) atoms. The highest BCUT2D eigenvalue weighted by molar-refractivity contribution is 6.15. The van der Waals surface area contributed by atoms with Crippen molar-refractivity contribution in [3.8, 4) is 0 Å². The second-order valence-electron chi connectivity index (χ2n) is 5.75. The van der Waals surface area contributed by atoms with Crippen molar-refractivity contribution in [1.82, 2.24) is 5.32 Å². The summed E-state index contributed by atoms with van der Waals surface area (Å²) in [4.78, 5) is 25.1. The van der Waals surface area contributed by atoms with Crippen LogP contribution >= 0.6 is 0 Å². The molecule has 1 atom stereocenters. The summed E-state index contributed by atoms with van der Waals surface area (Å²) in [5.41, 5.74) is 3.15. The fourth-order valence-corrected chi connectivity index (χ4v) is 2.34. The van der Waals surface area contributed by atoms with Crippen molar-refractivity contribution in [1.29, 1.82) is 0 Å². The molecule has 0 aliphatic carbocycles. The number of carbonyl (C=O) groups excluding carboxylic acids is 2. The number of aryl methyl sites for hydroxylation is 2. The number of ketones is 1. The van der Waals surface area contributed by atoms with Gasteiger partial charge < -0.3 is 10.4 Å². The topological polar surface area (TPSA) is 66.4 Å². The molecule has 0 aliphatic rings. The molecule has 0 spiro atoms. The quantitative estimate of drug-likeness (QED) is 0.834. The molecule has 0 radical (unpaired) electrons. The highest BCUT2D eigenvalue weighted by Gasteiger charge is 2.19. The van der Waals surface area contributed by atoms with Crippen LogP contribution in [0.5, 0.6) is 0 Å². The maximum Gasteiger partial charge on any atom is 0.252 e. The van der Waals surface area contributed by atoms with E-state index >= 15 is 0 Å². The molecule has 4 nitrogen and oxygen atoms in total. The maximum absolute atomic E-state index is 12.9. The lowest BCUT2D eigenvalue weighted by atomic mass is 9.94. The van der Waals surface area contributed by atoms with E-state index in [0.29, 0.717) is 16.7 Å². The van der Waals surface area contributed by atoms with E-state index in [1.807, 2.05) is 32.0 Å². The van der Waals surface area contributed by atoms with Crippen LogP contribution in [0, 0.1) is 13.8 Å². The first-order valence-electron chi connectivity index (χ1n) is 7.57. The minimum Gasteiger partial charge on any atom is -0.392 e. The van der Waals surface area contributed by atoms with Gasteiger partial charge in [0.2, 0.25) is 0 Å². The van der Waals surface area contributed by atoms with E-state index in [0.717, 1.165) is 11.1 Å². The zero-order valence-electron chi connectivity index (χ0n) is 13.6. The van der Waals surface area contributed by atoms with Crippen molar-refractivity contribution in [3.05, 3.63) is 70.3 Å². The predicted molar refractivity (Wildman–Crippen MR) is 89.8 cm³/mol. The average molecular weight is 311 g/mol. The number of aliphatic hydroxyl groups excluding tert-OH is 1. The van der Waals surface area contributed by atoms with E-state index in [2.05, 4.69) is 5.32 Å². The number of rotatable bonds is 5. The molecule has 120 valence electrons. The Morgan fingerprint density at radius 1 is 1.04 bits per heavy atom. The van der Waals surface area contributed by atoms with Gasteiger partial charge in [0.15, 0.2) is 5.78 Å². The first-order chi connectivity index (χ1) is 10.9. The molecule has 1 amide bonds. The van der Waals surface area contributed by atoms with Gasteiger partial charge in [-0.2, -0.15) is 0 Å². The SMILES string of the molecule is Cc1ccc(C)c(C(=O)c2ccccc2C(=O)NCC(C)O)c1. The van der Waals surface area contributed by atoms with E-state index in [-0.39, 0.29) is 18.2 Å². The molecule has 2 rings (SSSR count). The molecule has 0 saturated heterocycles. The van der Waals surface area contributed by atoms with Crippen molar-refractivity contribution >= 4 is 11.7 Å². The van der Waals surface area contributed by atoms with Gasteiger partial charge in [0, 0.05) is 17.7 Å². The summed E-state index contributed by atoms with van der Waals surface area (Å²) in [5, 5.41) is 11.9. The molecular weight excluding hydrogens is 290 g/mol. The zero-order chi connectivity index (χ0) is 17.0. The molecule has 0 fully saturated rings. The number of nitrogens with one attached hydrogen (secondary N) is 1. The summed E-state index contributed by atoms with van der Waals surface area (Å²) in [7, 11) is 0.